The Hall–Kier alpha value is -2.50. The van der Waals surface area contributed by atoms with Gasteiger partial charge in [0, 0.05) is 47.5 Å². The van der Waals surface area contributed by atoms with E-state index in [1.54, 1.807) is 35.7 Å². The topological polar surface area (TPSA) is 127 Å². The lowest BCUT2D eigenvalue weighted by molar-refractivity contribution is -0.157. The summed E-state index contributed by atoms with van der Waals surface area (Å²) in [4.78, 5) is 52.6. The first kappa shape index (κ1) is 25.2. The first-order valence-corrected chi connectivity index (χ1v) is 14.1. The largest absolute Gasteiger partial charge is 0.480 e. The number of carbonyl (C=O) groups excluding carboxylic acids is 2. The highest BCUT2D eigenvalue weighted by Crippen LogP contribution is 2.47. The molecule has 11 heteroatoms. The van der Waals surface area contributed by atoms with Crippen molar-refractivity contribution in [3.8, 4) is 0 Å². The van der Waals surface area contributed by atoms with Crippen LogP contribution in [0.4, 0.5) is 5.69 Å². The maximum Gasteiger partial charge on any atom is 0.335 e. The Kier molecular flexibility index (Phi) is 7.06. The van der Waals surface area contributed by atoms with Crippen LogP contribution in [0, 0.1) is 5.92 Å². The molecule has 0 spiro atoms. The number of aromatic carboxylic acids is 1. The SMILES string of the molecule is CC1C(SC2CC(C(=O)Nc3cccc(C(=O)O)c3)N(CC3=CSCC3)C2)C(C(=O)O)N2C(=O)CC12. The lowest BCUT2D eigenvalue weighted by Gasteiger charge is -2.38. The number of thioether (sulfide) groups is 2. The molecule has 0 aromatic heterocycles. The van der Waals surface area contributed by atoms with Crippen molar-refractivity contribution in [2.75, 3.05) is 24.2 Å². The first-order valence-electron chi connectivity index (χ1n) is 12.1. The maximum absolute atomic E-state index is 13.4. The molecule has 1 aromatic carbocycles. The molecule has 3 fully saturated rings. The minimum Gasteiger partial charge on any atom is -0.480 e. The summed E-state index contributed by atoms with van der Waals surface area (Å²) in [7, 11) is 0. The summed E-state index contributed by atoms with van der Waals surface area (Å²) in [6, 6.07) is 4.93. The number of rotatable bonds is 8. The Morgan fingerprint density at radius 1 is 1.25 bits per heavy atom. The Labute approximate surface area is 217 Å². The van der Waals surface area contributed by atoms with Crippen LogP contribution in [0.15, 0.2) is 35.2 Å². The van der Waals surface area contributed by atoms with Gasteiger partial charge in [0.05, 0.1) is 11.6 Å². The first-order chi connectivity index (χ1) is 17.2. The third-order valence-electron chi connectivity index (χ3n) is 7.61. The van der Waals surface area contributed by atoms with Crippen molar-refractivity contribution in [1.29, 1.82) is 0 Å². The smallest absolute Gasteiger partial charge is 0.335 e. The third-order valence-corrected chi connectivity index (χ3v) is 10.3. The Morgan fingerprint density at radius 3 is 2.72 bits per heavy atom. The molecule has 3 N–H and O–H groups in total. The van der Waals surface area contributed by atoms with E-state index in [0.29, 0.717) is 31.6 Å². The minimum absolute atomic E-state index is 0.0186. The van der Waals surface area contributed by atoms with Crippen molar-refractivity contribution in [1.82, 2.24) is 9.80 Å². The van der Waals surface area contributed by atoms with Gasteiger partial charge >= 0.3 is 11.9 Å². The van der Waals surface area contributed by atoms with E-state index in [9.17, 15) is 29.4 Å². The van der Waals surface area contributed by atoms with Gasteiger partial charge in [-0.1, -0.05) is 13.0 Å². The normalized spacial score (nSPS) is 31.6. The van der Waals surface area contributed by atoms with Gasteiger partial charge in [-0.25, -0.2) is 9.59 Å². The highest BCUT2D eigenvalue weighted by atomic mass is 32.2. The molecule has 0 radical (unpaired) electrons. The molecule has 4 aliphatic heterocycles. The molecule has 6 unspecified atom stereocenters. The number of carboxylic acid groups (broad SMARTS) is 2. The number of benzene rings is 1. The molecule has 1 aromatic rings. The molecule has 0 bridgehead atoms. The molecular weight excluding hydrogens is 502 g/mol. The fraction of sp³-hybridized carbons (Fsp3) is 0.520. The number of anilines is 1. The molecule has 4 aliphatic rings. The number of aliphatic carboxylic acids is 1. The van der Waals surface area contributed by atoms with Gasteiger partial charge in [0.1, 0.15) is 6.04 Å². The van der Waals surface area contributed by atoms with Gasteiger partial charge in [-0.05, 0) is 47.9 Å². The van der Waals surface area contributed by atoms with Gasteiger partial charge in [0.25, 0.3) is 0 Å². The third kappa shape index (κ3) is 4.76. The number of nitrogens with zero attached hydrogens (tertiary/aromatic N) is 2. The van der Waals surface area contributed by atoms with Gasteiger partial charge in [0.2, 0.25) is 11.8 Å². The molecule has 5 rings (SSSR count). The van der Waals surface area contributed by atoms with Crippen molar-refractivity contribution in [2.24, 2.45) is 5.92 Å². The second kappa shape index (κ2) is 10.1. The van der Waals surface area contributed by atoms with E-state index in [2.05, 4.69) is 15.6 Å². The number of carboxylic acids is 2. The van der Waals surface area contributed by atoms with E-state index in [1.165, 1.54) is 22.6 Å². The monoisotopic (exact) mass is 531 g/mol. The quantitative estimate of drug-likeness (QED) is 0.434. The van der Waals surface area contributed by atoms with Crippen LogP contribution < -0.4 is 5.32 Å². The lowest BCUT2D eigenvalue weighted by Crippen LogP contribution is -2.56. The van der Waals surface area contributed by atoms with Gasteiger partial charge in [0.15, 0.2) is 0 Å². The minimum atomic E-state index is -1.06. The number of β-lactam (4-membered cyclic amide) rings is 1. The van der Waals surface area contributed by atoms with E-state index >= 15 is 0 Å². The lowest BCUT2D eigenvalue weighted by atomic mass is 9.94. The van der Waals surface area contributed by atoms with Crippen LogP contribution in [0.3, 0.4) is 0 Å². The van der Waals surface area contributed by atoms with Crippen LogP contribution >= 0.6 is 23.5 Å². The zero-order valence-corrected chi connectivity index (χ0v) is 21.5. The average Bonchev–Trinajstić information content (AvgIpc) is 3.53. The van der Waals surface area contributed by atoms with E-state index in [-0.39, 0.29) is 39.8 Å². The summed E-state index contributed by atoms with van der Waals surface area (Å²) >= 11 is 3.37. The summed E-state index contributed by atoms with van der Waals surface area (Å²) in [6.45, 7) is 3.35. The van der Waals surface area contributed by atoms with Crippen LogP contribution in [0.25, 0.3) is 0 Å². The predicted octanol–water partition coefficient (Wildman–Crippen LogP) is 2.59. The van der Waals surface area contributed by atoms with Crippen LogP contribution in [0.1, 0.15) is 36.5 Å². The van der Waals surface area contributed by atoms with Crippen LogP contribution in [0.5, 0.6) is 0 Å². The zero-order valence-electron chi connectivity index (χ0n) is 19.8. The number of hydrogen-bond acceptors (Lipinski definition) is 7. The number of likely N-dealkylation sites (tertiary alicyclic amines) is 1. The molecule has 6 atom stereocenters. The van der Waals surface area contributed by atoms with E-state index in [1.807, 2.05) is 6.92 Å². The van der Waals surface area contributed by atoms with Crippen molar-refractivity contribution in [3.63, 3.8) is 0 Å². The molecule has 0 saturated carbocycles. The molecule has 3 saturated heterocycles. The fourth-order valence-electron chi connectivity index (χ4n) is 5.77. The molecule has 36 heavy (non-hydrogen) atoms. The summed E-state index contributed by atoms with van der Waals surface area (Å²) < 4.78 is 0. The number of fused-ring (bicyclic) bond motifs is 1. The standard InChI is InChI=1S/C25H29N3O6S2/c1-13-18-9-20(29)28(18)21(25(33)34)22(13)36-17-8-19(27(11-17)10-14-5-6-35-12-14)23(30)26-16-4-2-3-15(7-16)24(31)32/h2-4,7,12-13,17-19,21-22H,5-6,8-11H2,1H3,(H,26,30)(H,31,32)(H,33,34). The predicted molar refractivity (Wildman–Crippen MR) is 138 cm³/mol. The van der Waals surface area contributed by atoms with Crippen LogP contribution in [-0.2, 0) is 14.4 Å². The molecule has 4 heterocycles. The van der Waals surface area contributed by atoms with Crippen molar-refractivity contribution in [3.05, 3.63) is 40.8 Å². The second-order valence-corrected chi connectivity index (χ2v) is 12.4. The summed E-state index contributed by atoms with van der Waals surface area (Å²) in [5, 5.41) is 24.0. The molecule has 9 nitrogen and oxygen atoms in total. The number of hydrogen-bond donors (Lipinski definition) is 3. The molecule has 192 valence electrons. The second-order valence-electron chi connectivity index (χ2n) is 9.89. The molecule has 2 amide bonds. The van der Waals surface area contributed by atoms with Gasteiger partial charge < -0.3 is 20.4 Å². The highest BCUT2D eigenvalue weighted by molar-refractivity contribution is 8.02. The van der Waals surface area contributed by atoms with E-state index < -0.39 is 24.0 Å². The fourth-order valence-corrected chi connectivity index (χ4v) is 8.53. The van der Waals surface area contributed by atoms with Crippen LogP contribution in [-0.4, -0.2) is 91.2 Å². The van der Waals surface area contributed by atoms with Gasteiger partial charge in [-0.3, -0.25) is 14.5 Å². The number of nitrogens with one attached hydrogen (secondary N) is 1. The van der Waals surface area contributed by atoms with E-state index in [0.717, 1.165) is 12.2 Å². The Morgan fingerprint density at radius 2 is 2.06 bits per heavy atom. The van der Waals surface area contributed by atoms with Crippen LogP contribution in [0.2, 0.25) is 0 Å². The van der Waals surface area contributed by atoms with Gasteiger partial charge in [-0.15, -0.1) is 11.8 Å². The average molecular weight is 532 g/mol. The summed E-state index contributed by atoms with van der Waals surface area (Å²) in [5.41, 5.74) is 1.82. The highest BCUT2D eigenvalue weighted by Gasteiger charge is 2.59. The number of amides is 2. The van der Waals surface area contributed by atoms with Crippen molar-refractivity contribution < 1.29 is 29.4 Å². The maximum atomic E-state index is 13.4. The Balaban J connectivity index is 1.32. The van der Waals surface area contributed by atoms with Gasteiger partial charge in [-0.2, -0.15) is 11.8 Å². The Bertz CT molecular complexity index is 1130. The molecule has 0 aliphatic carbocycles. The number of carbonyl (C=O) groups is 4. The zero-order chi connectivity index (χ0) is 25.6. The summed E-state index contributed by atoms with van der Waals surface area (Å²) in [6.07, 6.45) is 1.95. The van der Waals surface area contributed by atoms with Crippen molar-refractivity contribution in [2.45, 2.75) is 54.8 Å². The molecular formula is C25H29N3O6S2. The van der Waals surface area contributed by atoms with E-state index in [4.69, 9.17) is 0 Å². The van der Waals surface area contributed by atoms with Crippen molar-refractivity contribution >= 4 is 53.0 Å². The summed E-state index contributed by atoms with van der Waals surface area (Å²) in [5.74, 6) is -1.21.